The molecule has 1 fully saturated rings. The number of rotatable bonds is 2. The Kier molecular flexibility index (Phi) is 3.96. The van der Waals surface area contributed by atoms with E-state index in [4.69, 9.17) is 5.73 Å². The van der Waals surface area contributed by atoms with Gasteiger partial charge < -0.3 is 15.5 Å². The van der Waals surface area contributed by atoms with Crippen LogP contribution in [-0.2, 0) is 0 Å². The number of hydrogen-bond acceptors (Lipinski definition) is 6. The Bertz CT molecular complexity index is 717. The number of carbonyl (C=O) groups is 2. The van der Waals surface area contributed by atoms with E-state index in [0.717, 1.165) is 5.56 Å². The van der Waals surface area contributed by atoms with Gasteiger partial charge in [0.25, 0.3) is 11.8 Å². The van der Waals surface area contributed by atoms with Crippen molar-refractivity contribution in [3.8, 4) is 0 Å². The van der Waals surface area contributed by atoms with Crippen molar-refractivity contribution in [1.29, 1.82) is 0 Å². The van der Waals surface area contributed by atoms with E-state index in [1.165, 1.54) is 0 Å². The Morgan fingerprint density at radius 3 is 2.09 bits per heavy atom. The van der Waals surface area contributed by atoms with Crippen LogP contribution in [0.15, 0.2) is 28.9 Å². The SMILES string of the molecule is Cc1ccc(C(=O)N2CCN(C(=O)c3nonc3N)CC2)cc1. The number of aryl methyl sites for hydroxylation is 1. The number of piperazine rings is 1. The summed E-state index contributed by atoms with van der Waals surface area (Å²) in [7, 11) is 0. The van der Waals surface area contributed by atoms with E-state index in [0.29, 0.717) is 31.7 Å². The minimum absolute atomic E-state index is 0.0170. The van der Waals surface area contributed by atoms with Gasteiger partial charge in [-0.05, 0) is 29.4 Å². The summed E-state index contributed by atoms with van der Waals surface area (Å²) in [5.74, 6) is -0.376. The predicted octanol–water partition coefficient (Wildman–Crippen LogP) is 0.558. The molecule has 0 spiro atoms. The number of amides is 2. The molecule has 2 amide bonds. The highest BCUT2D eigenvalue weighted by molar-refractivity contribution is 5.97. The van der Waals surface area contributed by atoms with Gasteiger partial charge >= 0.3 is 0 Å². The van der Waals surface area contributed by atoms with Crippen LogP contribution in [0.4, 0.5) is 5.82 Å². The van der Waals surface area contributed by atoms with Gasteiger partial charge in [-0.2, -0.15) is 0 Å². The third-order valence-electron chi connectivity index (χ3n) is 3.87. The normalized spacial score (nSPS) is 14.8. The van der Waals surface area contributed by atoms with Crippen molar-refractivity contribution in [1.82, 2.24) is 20.1 Å². The molecule has 3 rings (SSSR count). The maximum Gasteiger partial charge on any atom is 0.280 e. The Balaban J connectivity index is 1.62. The van der Waals surface area contributed by atoms with Crippen LogP contribution in [0.1, 0.15) is 26.4 Å². The summed E-state index contributed by atoms with van der Waals surface area (Å²) in [6.07, 6.45) is 0. The fourth-order valence-corrected chi connectivity index (χ4v) is 2.48. The highest BCUT2D eigenvalue weighted by Gasteiger charge is 2.28. The Hall–Kier alpha value is -2.90. The molecule has 2 aromatic rings. The number of aromatic nitrogens is 2. The van der Waals surface area contributed by atoms with Crippen LogP contribution in [0.2, 0.25) is 0 Å². The molecule has 1 aliphatic heterocycles. The minimum Gasteiger partial charge on any atom is -0.379 e. The first-order chi connectivity index (χ1) is 11.1. The van der Waals surface area contributed by atoms with Gasteiger partial charge in [0.05, 0.1) is 0 Å². The van der Waals surface area contributed by atoms with Gasteiger partial charge in [-0.1, -0.05) is 17.7 Å². The van der Waals surface area contributed by atoms with E-state index >= 15 is 0 Å². The van der Waals surface area contributed by atoms with Gasteiger partial charge in [-0.25, -0.2) is 4.63 Å². The lowest BCUT2D eigenvalue weighted by molar-refractivity contribution is 0.0530. The van der Waals surface area contributed by atoms with Crippen LogP contribution in [-0.4, -0.2) is 58.1 Å². The highest BCUT2D eigenvalue weighted by atomic mass is 16.6. The lowest BCUT2D eigenvalue weighted by Gasteiger charge is -2.34. The van der Waals surface area contributed by atoms with Crippen LogP contribution in [0, 0.1) is 6.92 Å². The number of benzene rings is 1. The Labute approximate surface area is 132 Å². The molecule has 2 N–H and O–H groups in total. The second kappa shape index (κ2) is 6.07. The zero-order valence-electron chi connectivity index (χ0n) is 12.7. The van der Waals surface area contributed by atoms with Crippen LogP contribution in [0.25, 0.3) is 0 Å². The smallest absolute Gasteiger partial charge is 0.280 e. The molecule has 0 unspecified atom stereocenters. The zero-order valence-corrected chi connectivity index (χ0v) is 12.7. The first-order valence-corrected chi connectivity index (χ1v) is 7.29. The van der Waals surface area contributed by atoms with E-state index in [-0.39, 0.29) is 23.3 Å². The van der Waals surface area contributed by atoms with Crippen molar-refractivity contribution in [2.45, 2.75) is 6.92 Å². The summed E-state index contributed by atoms with van der Waals surface area (Å²) in [6.45, 7) is 3.74. The Morgan fingerprint density at radius 1 is 1.00 bits per heavy atom. The monoisotopic (exact) mass is 315 g/mol. The van der Waals surface area contributed by atoms with Crippen molar-refractivity contribution >= 4 is 17.6 Å². The molecule has 0 atom stereocenters. The first kappa shape index (κ1) is 15.0. The maximum atomic E-state index is 12.4. The fraction of sp³-hybridized carbons (Fsp3) is 0.333. The molecule has 1 aliphatic rings. The molecule has 8 heteroatoms. The number of nitrogens with zero attached hydrogens (tertiary/aromatic N) is 4. The average molecular weight is 315 g/mol. The van der Waals surface area contributed by atoms with E-state index in [1.807, 2.05) is 31.2 Å². The highest BCUT2D eigenvalue weighted by Crippen LogP contribution is 2.13. The molecule has 8 nitrogen and oxygen atoms in total. The molecule has 120 valence electrons. The van der Waals surface area contributed by atoms with Crippen LogP contribution in [0.5, 0.6) is 0 Å². The zero-order chi connectivity index (χ0) is 16.4. The molecule has 0 bridgehead atoms. The average Bonchev–Trinajstić information content (AvgIpc) is 3.00. The number of hydrogen-bond donors (Lipinski definition) is 1. The standard InChI is InChI=1S/C15H17N5O3/c1-10-2-4-11(5-3-10)14(21)19-6-8-20(9-7-19)15(22)12-13(16)18-23-17-12/h2-5H,6-9H2,1H3,(H2,16,18). The van der Waals surface area contributed by atoms with Crippen LogP contribution in [0.3, 0.4) is 0 Å². The fourth-order valence-electron chi connectivity index (χ4n) is 2.48. The number of anilines is 1. The van der Waals surface area contributed by atoms with Crippen molar-refractivity contribution in [2.24, 2.45) is 0 Å². The molecule has 0 aliphatic carbocycles. The van der Waals surface area contributed by atoms with E-state index in [1.54, 1.807) is 9.80 Å². The van der Waals surface area contributed by atoms with Gasteiger partial charge in [0.15, 0.2) is 0 Å². The molecule has 1 aromatic carbocycles. The molecular weight excluding hydrogens is 298 g/mol. The van der Waals surface area contributed by atoms with Crippen molar-refractivity contribution < 1.29 is 14.2 Å². The maximum absolute atomic E-state index is 12.4. The largest absolute Gasteiger partial charge is 0.379 e. The summed E-state index contributed by atoms with van der Waals surface area (Å²) in [6, 6.07) is 7.45. The summed E-state index contributed by atoms with van der Waals surface area (Å²) in [4.78, 5) is 28.0. The van der Waals surface area contributed by atoms with Gasteiger partial charge in [-0.15, -0.1) is 0 Å². The quantitative estimate of drug-likeness (QED) is 0.868. The van der Waals surface area contributed by atoms with E-state index < -0.39 is 0 Å². The molecule has 2 heterocycles. The van der Waals surface area contributed by atoms with Crippen LogP contribution < -0.4 is 5.73 Å². The number of nitrogens with two attached hydrogens (primary N) is 1. The lowest BCUT2D eigenvalue weighted by atomic mass is 10.1. The first-order valence-electron chi connectivity index (χ1n) is 7.29. The van der Waals surface area contributed by atoms with E-state index in [2.05, 4.69) is 14.9 Å². The minimum atomic E-state index is -0.328. The number of nitrogen functional groups attached to an aromatic ring is 1. The van der Waals surface area contributed by atoms with Gasteiger partial charge in [0.1, 0.15) is 0 Å². The molecular formula is C15H17N5O3. The topological polar surface area (TPSA) is 106 Å². The third kappa shape index (κ3) is 3.01. The second-order valence-electron chi connectivity index (χ2n) is 5.45. The van der Waals surface area contributed by atoms with Crippen molar-refractivity contribution in [3.05, 3.63) is 41.1 Å². The van der Waals surface area contributed by atoms with Crippen LogP contribution >= 0.6 is 0 Å². The number of carbonyl (C=O) groups excluding carboxylic acids is 2. The van der Waals surface area contributed by atoms with Crippen molar-refractivity contribution in [3.63, 3.8) is 0 Å². The Morgan fingerprint density at radius 2 is 1.57 bits per heavy atom. The van der Waals surface area contributed by atoms with Crippen molar-refractivity contribution in [2.75, 3.05) is 31.9 Å². The lowest BCUT2D eigenvalue weighted by Crippen LogP contribution is -2.50. The third-order valence-corrected chi connectivity index (χ3v) is 3.87. The molecule has 23 heavy (non-hydrogen) atoms. The second-order valence-corrected chi connectivity index (χ2v) is 5.45. The van der Waals surface area contributed by atoms with Gasteiger partial charge in [0.2, 0.25) is 11.5 Å². The van der Waals surface area contributed by atoms with Gasteiger partial charge in [-0.3, -0.25) is 9.59 Å². The molecule has 0 radical (unpaired) electrons. The summed E-state index contributed by atoms with van der Waals surface area (Å²) < 4.78 is 4.45. The summed E-state index contributed by atoms with van der Waals surface area (Å²) >= 11 is 0. The molecule has 0 saturated carbocycles. The predicted molar refractivity (Wildman–Crippen MR) is 81.7 cm³/mol. The molecule has 1 saturated heterocycles. The van der Waals surface area contributed by atoms with E-state index in [9.17, 15) is 9.59 Å². The molecule has 1 aromatic heterocycles. The summed E-state index contributed by atoms with van der Waals surface area (Å²) in [5.41, 5.74) is 7.31. The summed E-state index contributed by atoms with van der Waals surface area (Å²) in [5, 5.41) is 6.92. The van der Waals surface area contributed by atoms with Gasteiger partial charge in [0, 0.05) is 31.7 Å².